The van der Waals surface area contributed by atoms with Crippen LogP contribution in [-0.2, 0) is 6.42 Å². The highest BCUT2D eigenvalue weighted by Gasteiger charge is 2.16. The number of aryl methyl sites for hydroxylation is 3. The summed E-state index contributed by atoms with van der Waals surface area (Å²) in [5.41, 5.74) is 3.63. The molecule has 2 rings (SSSR count). The van der Waals surface area contributed by atoms with Gasteiger partial charge in [-0.3, -0.25) is 4.79 Å². The van der Waals surface area contributed by atoms with E-state index < -0.39 is 0 Å². The van der Waals surface area contributed by atoms with Gasteiger partial charge in [0, 0.05) is 9.35 Å². The van der Waals surface area contributed by atoms with Gasteiger partial charge in [-0.25, -0.2) is 0 Å². The van der Waals surface area contributed by atoms with Gasteiger partial charge in [0.05, 0.1) is 10.9 Å². The lowest BCUT2D eigenvalue weighted by Crippen LogP contribution is -2.26. The molecular weight excluding hydrogens is 358 g/mol. The summed E-state index contributed by atoms with van der Waals surface area (Å²) in [7, 11) is 0. The molecule has 1 N–H and O–H groups in total. The maximum Gasteiger partial charge on any atom is 0.261 e. The number of benzene rings is 1. The number of carbonyl (C=O) groups excluding carboxylic acids is 1. The second-order valence-electron chi connectivity index (χ2n) is 5.69. The van der Waals surface area contributed by atoms with Crippen molar-refractivity contribution in [3.8, 4) is 0 Å². The van der Waals surface area contributed by atoms with Crippen molar-refractivity contribution in [2.24, 2.45) is 0 Å². The number of nitrogens with one attached hydrogen (secondary N) is 1. The predicted molar refractivity (Wildman–Crippen MR) is 97.8 cm³/mol. The smallest absolute Gasteiger partial charge is 0.261 e. The fourth-order valence-corrected chi connectivity index (χ4v) is 4.45. The van der Waals surface area contributed by atoms with Gasteiger partial charge in [0.15, 0.2) is 0 Å². The van der Waals surface area contributed by atoms with E-state index in [-0.39, 0.29) is 11.9 Å². The van der Waals surface area contributed by atoms with E-state index >= 15 is 0 Å². The number of rotatable bonds is 5. The van der Waals surface area contributed by atoms with Crippen molar-refractivity contribution in [1.29, 1.82) is 0 Å². The first-order chi connectivity index (χ1) is 10.4. The molecule has 1 aromatic heterocycles. The van der Waals surface area contributed by atoms with Crippen LogP contribution in [-0.4, -0.2) is 5.91 Å². The number of hydrogen-bond acceptors (Lipinski definition) is 2. The Hall–Kier alpha value is -1.13. The highest BCUT2D eigenvalue weighted by molar-refractivity contribution is 9.10. The van der Waals surface area contributed by atoms with Gasteiger partial charge in [-0.05, 0) is 60.3 Å². The van der Waals surface area contributed by atoms with E-state index in [1.165, 1.54) is 21.6 Å². The van der Waals surface area contributed by atoms with E-state index in [0.29, 0.717) is 0 Å². The molecule has 2 nitrogen and oxygen atoms in total. The number of halogens is 1. The van der Waals surface area contributed by atoms with E-state index in [2.05, 4.69) is 60.2 Å². The molecule has 2 aromatic rings. The number of amides is 1. The zero-order chi connectivity index (χ0) is 16.3. The Morgan fingerprint density at radius 3 is 2.68 bits per heavy atom. The largest absolute Gasteiger partial charge is 0.345 e. The van der Waals surface area contributed by atoms with Crippen molar-refractivity contribution in [2.75, 3.05) is 0 Å². The van der Waals surface area contributed by atoms with E-state index in [1.54, 1.807) is 11.3 Å². The quantitative estimate of drug-likeness (QED) is 0.722. The van der Waals surface area contributed by atoms with Crippen LogP contribution in [0.25, 0.3) is 0 Å². The lowest BCUT2D eigenvalue weighted by atomic mass is 10.0. The molecule has 0 saturated heterocycles. The van der Waals surface area contributed by atoms with Crippen LogP contribution in [0.5, 0.6) is 0 Å². The molecule has 1 aromatic carbocycles. The maximum atomic E-state index is 12.5. The molecule has 0 aliphatic carbocycles. The Bertz CT molecular complexity index is 678. The third-order valence-corrected chi connectivity index (χ3v) is 5.86. The third-order valence-electron chi connectivity index (χ3n) is 3.70. The first kappa shape index (κ1) is 17.2. The Kier molecular flexibility index (Phi) is 5.81. The summed E-state index contributed by atoms with van der Waals surface area (Å²) < 4.78 is 1.05. The minimum absolute atomic E-state index is 0.000489. The Morgan fingerprint density at radius 1 is 1.32 bits per heavy atom. The van der Waals surface area contributed by atoms with Crippen LogP contribution < -0.4 is 5.32 Å². The molecule has 0 unspecified atom stereocenters. The first-order valence-electron chi connectivity index (χ1n) is 7.58. The Balaban J connectivity index is 2.12. The van der Waals surface area contributed by atoms with Gasteiger partial charge in [-0.1, -0.05) is 37.1 Å². The maximum absolute atomic E-state index is 12.5. The molecule has 22 heavy (non-hydrogen) atoms. The van der Waals surface area contributed by atoms with Crippen LogP contribution in [0.1, 0.15) is 57.5 Å². The second-order valence-corrected chi connectivity index (χ2v) is 7.68. The lowest BCUT2D eigenvalue weighted by molar-refractivity contribution is 0.0944. The molecule has 0 radical (unpaired) electrons. The van der Waals surface area contributed by atoms with E-state index in [0.717, 1.165) is 22.2 Å². The van der Waals surface area contributed by atoms with Crippen molar-refractivity contribution >= 4 is 33.2 Å². The molecule has 0 saturated carbocycles. The van der Waals surface area contributed by atoms with Crippen molar-refractivity contribution in [2.45, 2.75) is 46.6 Å². The topological polar surface area (TPSA) is 29.1 Å². The van der Waals surface area contributed by atoms with Crippen LogP contribution in [0.3, 0.4) is 0 Å². The van der Waals surface area contributed by atoms with Crippen molar-refractivity contribution in [3.63, 3.8) is 0 Å². The minimum atomic E-state index is 0.000489. The predicted octanol–water partition coefficient (Wildman–Crippen LogP) is 5.57. The number of hydrogen-bond donors (Lipinski definition) is 1. The SMILES string of the molecule is CCCc1sc(C(=O)N[C@@H](C)c2ccc(C)cc2C)cc1Br. The molecule has 4 heteroatoms. The molecule has 1 atom stereocenters. The van der Waals surface area contributed by atoms with Gasteiger partial charge in [-0.15, -0.1) is 11.3 Å². The molecular formula is C18H22BrNOS. The molecule has 0 bridgehead atoms. The highest BCUT2D eigenvalue weighted by atomic mass is 79.9. The molecule has 0 fully saturated rings. The van der Waals surface area contributed by atoms with Gasteiger partial charge in [-0.2, -0.15) is 0 Å². The Labute approximate surface area is 145 Å². The fraction of sp³-hybridized carbons (Fsp3) is 0.389. The standard InChI is InChI=1S/C18H22BrNOS/c1-5-6-16-15(19)10-17(22-16)18(21)20-13(4)14-8-7-11(2)9-12(14)3/h7-10,13H,5-6H2,1-4H3,(H,20,21)/t13-/m0/s1. The van der Waals surface area contributed by atoms with Crippen LogP contribution in [0, 0.1) is 13.8 Å². The van der Waals surface area contributed by atoms with Gasteiger partial charge in [0.2, 0.25) is 0 Å². The van der Waals surface area contributed by atoms with Gasteiger partial charge < -0.3 is 5.32 Å². The van der Waals surface area contributed by atoms with E-state index in [9.17, 15) is 4.79 Å². The summed E-state index contributed by atoms with van der Waals surface area (Å²) >= 11 is 5.12. The average Bonchev–Trinajstić information content (AvgIpc) is 2.80. The monoisotopic (exact) mass is 379 g/mol. The molecule has 1 heterocycles. The summed E-state index contributed by atoms with van der Waals surface area (Å²) in [5, 5.41) is 3.11. The van der Waals surface area contributed by atoms with Crippen LogP contribution >= 0.6 is 27.3 Å². The normalized spacial score (nSPS) is 12.2. The summed E-state index contributed by atoms with van der Waals surface area (Å²) in [6.45, 7) is 8.35. The first-order valence-corrected chi connectivity index (χ1v) is 9.19. The van der Waals surface area contributed by atoms with E-state index in [1.807, 2.05) is 13.0 Å². The molecule has 0 aliphatic heterocycles. The van der Waals surface area contributed by atoms with Crippen LogP contribution in [0.4, 0.5) is 0 Å². The molecule has 118 valence electrons. The summed E-state index contributed by atoms with van der Waals surface area (Å²) in [5.74, 6) is 0.000489. The lowest BCUT2D eigenvalue weighted by Gasteiger charge is -2.16. The zero-order valence-corrected chi connectivity index (χ0v) is 15.9. The zero-order valence-electron chi connectivity index (χ0n) is 13.5. The second kappa shape index (κ2) is 7.42. The average molecular weight is 380 g/mol. The fourth-order valence-electron chi connectivity index (χ4n) is 2.57. The van der Waals surface area contributed by atoms with Gasteiger partial charge >= 0.3 is 0 Å². The number of thiophene rings is 1. The van der Waals surface area contributed by atoms with Crippen molar-refractivity contribution < 1.29 is 4.79 Å². The summed E-state index contributed by atoms with van der Waals surface area (Å²) in [4.78, 5) is 14.5. The minimum Gasteiger partial charge on any atom is -0.345 e. The van der Waals surface area contributed by atoms with Crippen molar-refractivity contribution in [1.82, 2.24) is 5.32 Å². The van der Waals surface area contributed by atoms with Crippen LogP contribution in [0.15, 0.2) is 28.7 Å². The van der Waals surface area contributed by atoms with Gasteiger partial charge in [0.25, 0.3) is 5.91 Å². The molecule has 0 spiro atoms. The van der Waals surface area contributed by atoms with E-state index in [4.69, 9.17) is 0 Å². The molecule has 1 amide bonds. The van der Waals surface area contributed by atoms with Crippen molar-refractivity contribution in [3.05, 3.63) is 55.2 Å². The van der Waals surface area contributed by atoms with Gasteiger partial charge in [0.1, 0.15) is 0 Å². The summed E-state index contributed by atoms with van der Waals surface area (Å²) in [6.07, 6.45) is 2.09. The third kappa shape index (κ3) is 3.99. The van der Waals surface area contributed by atoms with Crippen LogP contribution in [0.2, 0.25) is 0 Å². The number of carbonyl (C=O) groups is 1. The summed E-state index contributed by atoms with van der Waals surface area (Å²) in [6, 6.07) is 8.27. The molecule has 0 aliphatic rings. The Morgan fingerprint density at radius 2 is 2.05 bits per heavy atom. The highest BCUT2D eigenvalue weighted by Crippen LogP contribution is 2.29.